The van der Waals surface area contributed by atoms with Gasteiger partial charge in [0.15, 0.2) is 12.4 Å². The van der Waals surface area contributed by atoms with Crippen molar-refractivity contribution in [3.63, 3.8) is 0 Å². The second-order valence-electron chi connectivity index (χ2n) is 6.74. The average molecular weight is 418 g/mol. The lowest BCUT2D eigenvalue weighted by Gasteiger charge is -2.40. The summed E-state index contributed by atoms with van der Waals surface area (Å²) in [6, 6.07) is 16.1. The predicted molar refractivity (Wildman–Crippen MR) is 101 cm³/mol. The molecule has 0 amide bonds. The Balaban J connectivity index is 1.69. The largest absolute Gasteiger partial charge is 0.479 e. The minimum atomic E-state index is -1.72. The topological polar surface area (TPSA) is 143 Å². The number of hydrogen-bond donors (Lipinski definition) is 4. The molecule has 1 aliphatic rings. The lowest BCUT2D eigenvalue weighted by Crippen LogP contribution is -2.59. The van der Waals surface area contributed by atoms with Crippen molar-refractivity contribution in [2.75, 3.05) is 6.61 Å². The third-order valence-corrected chi connectivity index (χ3v) is 4.65. The molecule has 6 unspecified atom stereocenters. The number of benzene rings is 2. The average Bonchev–Trinajstić information content (AvgIpc) is 2.77. The summed E-state index contributed by atoms with van der Waals surface area (Å²) in [6.07, 6.45) is -9.30. The fraction of sp³-hybridized carbons (Fsp3) is 0.333. The van der Waals surface area contributed by atoms with E-state index in [0.717, 1.165) is 0 Å². The van der Waals surface area contributed by atoms with E-state index in [-0.39, 0.29) is 5.56 Å². The molecule has 2 aromatic carbocycles. The first-order valence-corrected chi connectivity index (χ1v) is 9.23. The van der Waals surface area contributed by atoms with Gasteiger partial charge in [0, 0.05) is 0 Å². The molecule has 0 aromatic heterocycles. The van der Waals surface area contributed by atoms with E-state index < -0.39 is 55.4 Å². The van der Waals surface area contributed by atoms with Crippen LogP contribution in [0, 0.1) is 0 Å². The van der Waals surface area contributed by atoms with Gasteiger partial charge in [-0.15, -0.1) is 0 Å². The summed E-state index contributed by atoms with van der Waals surface area (Å²) >= 11 is 0. The Hall–Kier alpha value is -2.82. The smallest absolute Gasteiger partial charge is 0.338 e. The third-order valence-electron chi connectivity index (χ3n) is 4.65. The van der Waals surface area contributed by atoms with Crippen LogP contribution in [0.15, 0.2) is 60.7 Å². The van der Waals surface area contributed by atoms with Gasteiger partial charge in [0.2, 0.25) is 0 Å². The number of carbonyl (C=O) groups excluding carboxylic acids is 1. The number of carboxylic acid groups (broad SMARTS) is 1. The number of carbonyl (C=O) groups is 2. The highest BCUT2D eigenvalue weighted by Crippen LogP contribution is 2.28. The minimum Gasteiger partial charge on any atom is -0.479 e. The Bertz CT molecular complexity index is 842. The zero-order chi connectivity index (χ0) is 21.7. The molecule has 4 N–H and O–H groups in total. The van der Waals surface area contributed by atoms with Crippen LogP contribution >= 0.6 is 0 Å². The molecule has 0 saturated carbocycles. The Morgan fingerprint density at radius 3 is 2.10 bits per heavy atom. The molecule has 160 valence electrons. The van der Waals surface area contributed by atoms with Gasteiger partial charge in [-0.1, -0.05) is 48.5 Å². The molecule has 0 spiro atoms. The van der Waals surface area contributed by atoms with Gasteiger partial charge in [-0.3, -0.25) is 0 Å². The van der Waals surface area contributed by atoms with Crippen molar-refractivity contribution >= 4 is 11.9 Å². The fourth-order valence-electron chi connectivity index (χ4n) is 3.02. The van der Waals surface area contributed by atoms with Crippen molar-refractivity contribution in [2.24, 2.45) is 0 Å². The zero-order valence-corrected chi connectivity index (χ0v) is 15.8. The molecular weight excluding hydrogens is 396 g/mol. The minimum absolute atomic E-state index is 0.284. The van der Waals surface area contributed by atoms with E-state index in [9.17, 15) is 30.0 Å². The van der Waals surface area contributed by atoms with Crippen LogP contribution in [0.3, 0.4) is 0 Å². The van der Waals surface area contributed by atoms with E-state index in [1.54, 1.807) is 48.5 Å². The van der Waals surface area contributed by atoms with Crippen molar-refractivity contribution in [3.05, 3.63) is 71.8 Å². The standard InChI is InChI=1S/C21H22O9/c22-15-14(11-28-20(27)13-9-5-2-6-10-13)29-21(17(24)16(15)23)30-18(19(25)26)12-7-3-1-4-8-12/h1-10,14-18,21-24H,11H2,(H,25,26). The molecule has 1 heterocycles. The molecule has 30 heavy (non-hydrogen) atoms. The summed E-state index contributed by atoms with van der Waals surface area (Å²) in [4.78, 5) is 23.7. The lowest BCUT2D eigenvalue weighted by molar-refractivity contribution is -0.310. The van der Waals surface area contributed by atoms with Gasteiger partial charge in [0.05, 0.1) is 5.56 Å². The van der Waals surface area contributed by atoms with Gasteiger partial charge in [0.1, 0.15) is 31.0 Å². The molecule has 6 atom stereocenters. The van der Waals surface area contributed by atoms with Crippen LogP contribution in [0.4, 0.5) is 0 Å². The molecule has 0 radical (unpaired) electrons. The van der Waals surface area contributed by atoms with Crippen molar-refractivity contribution in [3.8, 4) is 0 Å². The molecular formula is C21H22O9. The molecule has 2 aromatic rings. The second-order valence-corrected chi connectivity index (χ2v) is 6.74. The normalized spacial score (nSPS) is 27.2. The Kier molecular flexibility index (Phi) is 7.14. The molecule has 9 heteroatoms. The summed E-state index contributed by atoms with van der Waals surface area (Å²) < 4.78 is 16.0. The first-order chi connectivity index (χ1) is 14.4. The zero-order valence-electron chi connectivity index (χ0n) is 15.8. The first kappa shape index (κ1) is 21.9. The molecule has 1 fully saturated rings. The first-order valence-electron chi connectivity index (χ1n) is 9.23. The maximum Gasteiger partial charge on any atom is 0.338 e. The maximum absolute atomic E-state index is 12.1. The van der Waals surface area contributed by atoms with Crippen molar-refractivity contribution in [1.82, 2.24) is 0 Å². The SMILES string of the molecule is O=C(OCC1OC(OC(C(=O)O)c2ccccc2)C(O)C(O)C1O)c1ccccc1. The van der Waals surface area contributed by atoms with Gasteiger partial charge < -0.3 is 34.6 Å². The summed E-state index contributed by atoms with van der Waals surface area (Å²) in [6.45, 7) is -0.443. The van der Waals surface area contributed by atoms with Gasteiger partial charge in [-0.25, -0.2) is 9.59 Å². The maximum atomic E-state index is 12.1. The number of hydrogen-bond acceptors (Lipinski definition) is 8. The number of aliphatic hydroxyl groups is 3. The van der Waals surface area contributed by atoms with Gasteiger partial charge in [0.25, 0.3) is 0 Å². The number of rotatable bonds is 7. The summed E-state index contributed by atoms with van der Waals surface area (Å²) in [5.41, 5.74) is 0.583. The Labute approximate surface area is 172 Å². The second kappa shape index (κ2) is 9.79. The summed E-state index contributed by atoms with van der Waals surface area (Å²) in [7, 11) is 0. The van der Waals surface area contributed by atoms with Gasteiger partial charge in [-0.05, 0) is 17.7 Å². The van der Waals surface area contributed by atoms with Gasteiger partial charge in [-0.2, -0.15) is 0 Å². The predicted octanol–water partition coefficient (Wildman–Crippen LogP) is 0.493. The molecule has 1 aliphatic heterocycles. The van der Waals surface area contributed by atoms with Crippen LogP contribution < -0.4 is 0 Å². The van der Waals surface area contributed by atoms with E-state index in [2.05, 4.69) is 0 Å². The van der Waals surface area contributed by atoms with Crippen LogP contribution in [-0.4, -0.2) is 69.7 Å². The van der Waals surface area contributed by atoms with Crippen LogP contribution in [0.2, 0.25) is 0 Å². The van der Waals surface area contributed by atoms with Crippen molar-refractivity contribution < 1.29 is 44.2 Å². The molecule has 1 saturated heterocycles. The molecule has 0 aliphatic carbocycles. The van der Waals surface area contributed by atoms with E-state index in [0.29, 0.717) is 5.56 Å². The molecule has 9 nitrogen and oxygen atoms in total. The number of aliphatic hydroxyl groups excluding tert-OH is 3. The van der Waals surface area contributed by atoms with Crippen LogP contribution in [0.1, 0.15) is 22.0 Å². The number of carboxylic acids is 1. The van der Waals surface area contributed by atoms with Gasteiger partial charge >= 0.3 is 11.9 Å². The van der Waals surface area contributed by atoms with Crippen molar-refractivity contribution in [1.29, 1.82) is 0 Å². The van der Waals surface area contributed by atoms with E-state index in [1.807, 2.05) is 0 Å². The highest BCUT2D eigenvalue weighted by Gasteiger charge is 2.46. The highest BCUT2D eigenvalue weighted by atomic mass is 16.7. The highest BCUT2D eigenvalue weighted by molar-refractivity contribution is 5.89. The monoisotopic (exact) mass is 418 g/mol. The van der Waals surface area contributed by atoms with E-state index in [4.69, 9.17) is 14.2 Å². The number of ether oxygens (including phenoxy) is 3. The Morgan fingerprint density at radius 1 is 0.900 bits per heavy atom. The van der Waals surface area contributed by atoms with E-state index in [1.165, 1.54) is 12.1 Å². The number of esters is 1. The summed E-state index contributed by atoms with van der Waals surface area (Å²) in [5.74, 6) is -2.00. The third kappa shape index (κ3) is 5.02. The van der Waals surface area contributed by atoms with Crippen LogP contribution in [-0.2, 0) is 19.0 Å². The van der Waals surface area contributed by atoms with Crippen LogP contribution in [0.5, 0.6) is 0 Å². The number of aliphatic carboxylic acids is 1. The quantitative estimate of drug-likeness (QED) is 0.473. The fourth-order valence-corrected chi connectivity index (χ4v) is 3.02. The van der Waals surface area contributed by atoms with Crippen molar-refractivity contribution in [2.45, 2.75) is 36.8 Å². The van der Waals surface area contributed by atoms with Crippen LogP contribution in [0.25, 0.3) is 0 Å². The van der Waals surface area contributed by atoms with E-state index >= 15 is 0 Å². The Morgan fingerprint density at radius 2 is 1.50 bits per heavy atom. The molecule has 0 bridgehead atoms. The summed E-state index contributed by atoms with van der Waals surface area (Å²) in [5, 5.41) is 40.0. The molecule has 3 rings (SSSR count). The lowest BCUT2D eigenvalue weighted by atomic mass is 9.99.